The van der Waals surface area contributed by atoms with Crippen LogP contribution in [0.1, 0.15) is 6.42 Å². The smallest absolute Gasteiger partial charge is 0.238 e. The number of piperazine rings is 1. The highest BCUT2D eigenvalue weighted by Gasteiger charge is 2.21. The molecule has 2 N–H and O–H groups in total. The zero-order valence-electron chi connectivity index (χ0n) is 23.3. The van der Waals surface area contributed by atoms with E-state index in [1.807, 2.05) is 0 Å². The van der Waals surface area contributed by atoms with Gasteiger partial charge in [0.15, 0.2) is 23.1 Å². The van der Waals surface area contributed by atoms with Crippen LogP contribution in [0.2, 0.25) is 0 Å². The number of halogens is 2. The van der Waals surface area contributed by atoms with Crippen LogP contribution in [-0.2, 0) is 10.0 Å². The van der Waals surface area contributed by atoms with Gasteiger partial charge >= 0.3 is 0 Å². The first-order valence-corrected chi connectivity index (χ1v) is 15.0. The topological polar surface area (TPSA) is 107 Å². The van der Waals surface area contributed by atoms with E-state index in [4.69, 9.17) is 19.3 Å². The van der Waals surface area contributed by atoms with Crippen LogP contribution >= 0.6 is 0 Å². The molecule has 42 heavy (non-hydrogen) atoms. The van der Waals surface area contributed by atoms with Crippen molar-refractivity contribution in [2.75, 3.05) is 53.5 Å². The first-order valence-electron chi connectivity index (χ1n) is 13.4. The third kappa shape index (κ3) is 6.62. The predicted molar refractivity (Wildman–Crippen MR) is 156 cm³/mol. The summed E-state index contributed by atoms with van der Waals surface area (Å²) in [5, 5.41) is 5.81. The van der Waals surface area contributed by atoms with Crippen molar-refractivity contribution in [3.8, 4) is 34.1 Å². The van der Waals surface area contributed by atoms with Gasteiger partial charge in [0, 0.05) is 55.9 Å². The number of ether oxygens (including phenoxy) is 3. The number of hydrogen-bond acceptors (Lipinski definition) is 8. The number of aromatic nitrogens is 1. The maximum Gasteiger partial charge on any atom is 0.238 e. The molecule has 1 fully saturated rings. The van der Waals surface area contributed by atoms with Crippen LogP contribution in [0.5, 0.6) is 23.0 Å². The molecule has 9 nitrogen and oxygen atoms in total. The maximum absolute atomic E-state index is 15.2. The van der Waals surface area contributed by atoms with Gasteiger partial charge in [-0.2, -0.15) is 0 Å². The number of likely N-dealkylation sites (N-methyl/N-ethyl adjacent to an activating group) is 1. The lowest BCUT2D eigenvalue weighted by molar-refractivity contribution is 0.145. The van der Waals surface area contributed by atoms with Crippen LogP contribution < -0.4 is 19.3 Å². The van der Waals surface area contributed by atoms with Crippen molar-refractivity contribution in [3.63, 3.8) is 0 Å². The van der Waals surface area contributed by atoms with Gasteiger partial charge in [-0.05, 0) is 55.4 Å². The molecule has 222 valence electrons. The standard InChI is InChI=1S/C30H32F2N4O5S/c1-35-12-14-36(15-13-35)11-4-16-40-28-19-24-21(18-27(28)39-2)25(9-10-34-24)41-26-8-7-20(17-23(26)32)30-22(31)5-3-6-29(30)42(33,37)38/h3,5-10,17-19H,4,11-16H2,1-2H3,(H2,33,37,38). The van der Waals surface area contributed by atoms with Crippen LogP contribution in [0.4, 0.5) is 8.78 Å². The fourth-order valence-corrected chi connectivity index (χ4v) is 5.68. The van der Waals surface area contributed by atoms with Crippen molar-refractivity contribution in [1.29, 1.82) is 0 Å². The minimum atomic E-state index is -4.25. The molecule has 0 spiro atoms. The summed E-state index contributed by atoms with van der Waals surface area (Å²) in [6.07, 6.45) is 2.40. The average Bonchev–Trinajstić information content (AvgIpc) is 2.96. The van der Waals surface area contributed by atoms with Crippen molar-refractivity contribution in [1.82, 2.24) is 14.8 Å². The molecule has 0 saturated carbocycles. The summed E-state index contributed by atoms with van der Waals surface area (Å²) < 4.78 is 71.3. The van der Waals surface area contributed by atoms with Gasteiger partial charge in [-0.3, -0.25) is 4.98 Å². The Morgan fingerprint density at radius 3 is 2.43 bits per heavy atom. The van der Waals surface area contributed by atoms with Gasteiger partial charge < -0.3 is 24.0 Å². The molecule has 0 bridgehead atoms. The van der Waals surface area contributed by atoms with Crippen molar-refractivity contribution in [3.05, 3.63) is 72.4 Å². The predicted octanol–water partition coefficient (Wildman–Crippen LogP) is 4.64. The van der Waals surface area contributed by atoms with E-state index >= 15 is 4.39 Å². The molecule has 12 heteroatoms. The van der Waals surface area contributed by atoms with Gasteiger partial charge in [-0.15, -0.1) is 0 Å². The van der Waals surface area contributed by atoms with Gasteiger partial charge in [-0.1, -0.05) is 12.1 Å². The average molecular weight is 599 g/mol. The number of fused-ring (bicyclic) bond motifs is 1. The molecule has 3 aromatic carbocycles. The normalized spacial score (nSPS) is 14.7. The van der Waals surface area contributed by atoms with Gasteiger partial charge in [0.2, 0.25) is 10.0 Å². The van der Waals surface area contributed by atoms with Gasteiger partial charge in [0.1, 0.15) is 11.6 Å². The van der Waals surface area contributed by atoms with E-state index < -0.39 is 26.6 Å². The molecule has 1 aliphatic heterocycles. The molecular formula is C30H32F2N4O5S. The summed E-state index contributed by atoms with van der Waals surface area (Å²) in [4.78, 5) is 8.71. The molecule has 0 unspecified atom stereocenters. The summed E-state index contributed by atoms with van der Waals surface area (Å²) in [6.45, 7) is 5.68. The molecule has 1 aromatic heterocycles. The summed E-state index contributed by atoms with van der Waals surface area (Å²) in [6, 6.07) is 12.2. The number of benzene rings is 3. The Hall–Kier alpha value is -3.84. The third-order valence-electron chi connectivity index (χ3n) is 7.18. The Balaban J connectivity index is 1.35. The molecule has 0 amide bonds. The van der Waals surface area contributed by atoms with Crippen LogP contribution in [0, 0.1) is 11.6 Å². The van der Waals surface area contributed by atoms with Crippen LogP contribution in [0.15, 0.2) is 65.7 Å². The molecule has 5 rings (SSSR count). The van der Waals surface area contributed by atoms with Crippen molar-refractivity contribution >= 4 is 20.9 Å². The SMILES string of the molecule is COc1cc2c(Oc3ccc(-c4c(F)cccc4S(N)(=O)=O)cc3F)ccnc2cc1OCCCN1CCN(C)CC1. The second-order valence-corrected chi connectivity index (χ2v) is 11.6. The van der Waals surface area contributed by atoms with E-state index in [9.17, 15) is 12.8 Å². The molecule has 0 aliphatic carbocycles. The number of hydrogen-bond donors (Lipinski definition) is 1. The molecule has 2 heterocycles. The quantitative estimate of drug-likeness (QED) is 0.263. The zero-order chi connectivity index (χ0) is 29.9. The Labute approximate surface area is 243 Å². The van der Waals surface area contributed by atoms with Crippen molar-refractivity contribution < 1.29 is 31.4 Å². The van der Waals surface area contributed by atoms with Gasteiger partial charge in [-0.25, -0.2) is 22.3 Å². The highest BCUT2D eigenvalue weighted by molar-refractivity contribution is 7.89. The molecule has 4 aromatic rings. The lowest BCUT2D eigenvalue weighted by Gasteiger charge is -2.32. The largest absolute Gasteiger partial charge is 0.493 e. The summed E-state index contributed by atoms with van der Waals surface area (Å²) in [7, 11) is -0.587. The van der Waals surface area contributed by atoms with Crippen molar-refractivity contribution in [2.45, 2.75) is 11.3 Å². The minimum absolute atomic E-state index is 0.00218. The Morgan fingerprint density at radius 1 is 0.929 bits per heavy atom. The lowest BCUT2D eigenvalue weighted by atomic mass is 10.0. The second kappa shape index (κ2) is 12.6. The summed E-state index contributed by atoms with van der Waals surface area (Å²) in [5.74, 6) is -0.497. The van der Waals surface area contributed by atoms with Crippen LogP contribution in [0.3, 0.4) is 0 Å². The van der Waals surface area contributed by atoms with E-state index in [2.05, 4.69) is 21.8 Å². The minimum Gasteiger partial charge on any atom is -0.493 e. The third-order valence-corrected chi connectivity index (χ3v) is 8.13. The highest BCUT2D eigenvalue weighted by Crippen LogP contribution is 2.39. The van der Waals surface area contributed by atoms with E-state index in [1.54, 1.807) is 18.2 Å². The monoisotopic (exact) mass is 598 g/mol. The summed E-state index contributed by atoms with van der Waals surface area (Å²) >= 11 is 0. The Morgan fingerprint density at radius 2 is 1.71 bits per heavy atom. The van der Waals surface area contributed by atoms with E-state index in [0.29, 0.717) is 34.8 Å². The number of sulfonamides is 1. The van der Waals surface area contributed by atoms with E-state index in [1.165, 1.54) is 31.5 Å². The fraction of sp³-hybridized carbons (Fsp3) is 0.300. The molecule has 1 aliphatic rings. The molecular weight excluding hydrogens is 566 g/mol. The highest BCUT2D eigenvalue weighted by atomic mass is 32.2. The van der Waals surface area contributed by atoms with Crippen molar-refractivity contribution in [2.24, 2.45) is 5.14 Å². The number of methoxy groups -OCH3 is 1. The van der Waals surface area contributed by atoms with Gasteiger partial charge in [0.05, 0.1) is 24.1 Å². The fourth-order valence-electron chi connectivity index (χ4n) is 4.91. The summed E-state index contributed by atoms with van der Waals surface area (Å²) in [5.41, 5.74) is 0.238. The maximum atomic E-state index is 15.2. The first kappa shape index (κ1) is 29.6. The van der Waals surface area contributed by atoms with E-state index in [-0.39, 0.29) is 16.9 Å². The first-order chi connectivity index (χ1) is 20.1. The van der Waals surface area contributed by atoms with E-state index in [0.717, 1.165) is 57.3 Å². The second-order valence-electron chi connectivity index (χ2n) is 10.1. The van der Waals surface area contributed by atoms with Crippen LogP contribution in [0.25, 0.3) is 22.0 Å². The van der Waals surface area contributed by atoms with Gasteiger partial charge in [0.25, 0.3) is 0 Å². The van der Waals surface area contributed by atoms with Crippen LogP contribution in [-0.4, -0.2) is 76.7 Å². The molecule has 0 radical (unpaired) electrons. The molecule has 0 atom stereocenters. The molecule has 1 saturated heterocycles. The number of primary sulfonamides is 1. The Kier molecular flexibility index (Phi) is 8.88. The number of nitrogens with zero attached hydrogens (tertiary/aromatic N) is 3. The number of rotatable bonds is 10. The zero-order valence-corrected chi connectivity index (χ0v) is 24.2. The number of pyridine rings is 1. The Bertz CT molecular complexity index is 1700. The lowest BCUT2D eigenvalue weighted by Crippen LogP contribution is -2.44. The number of nitrogens with two attached hydrogens (primary N) is 1.